The fraction of sp³-hybridized carbons (Fsp3) is 0.647. The molecule has 19 heavy (non-hydrogen) atoms. The number of aryl methyl sites for hydroxylation is 2. The van der Waals surface area contributed by atoms with Crippen LogP contribution >= 0.6 is 0 Å². The van der Waals surface area contributed by atoms with E-state index in [0.29, 0.717) is 12.0 Å². The second kappa shape index (κ2) is 5.26. The van der Waals surface area contributed by atoms with Crippen molar-refractivity contribution in [3.05, 3.63) is 34.9 Å². The molecule has 1 saturated heterocycles. The van der Waals surface area contributed by atoms with Crippen molar-refractivity contribution >= 4 is 0 Å². The van der Waals surface area contributed by atoms with Gasteiger partial charge >= 0.3 is 0 Å². The minimum atomic E-state index is -0.564. The van der Waals surface area contributed by atoms with Gasteiger partial charge in [0.25, 0.3) is 0 Å². The Kier molecular flexibility index (Phi) is 4.03. The zero-order valence-electron chi connectivity index (χ0n) is 12.9. The molecule has 2 rings (SSSR count). The highest BCUT2D eigenvalue weighted by molar-refractivity contribution is 5.31. The lowest BCUT2D eigenvalue weighted by Gasteiger charge is -2.46. The van der Waals surface area contributed by atoms with E-state index in [2.05, 4.69) is 57.8 Å². The van der Waals surface area contributed by atoms with E-state index >= 15 is 0 Å². The maximum atomic E-state index is 11.0. The van der Waals surface area contributed by atoms with Crippen LogP contribution in [-0.4, -0.2) is 35.2 Å². The molecule has 1 aromatic carbocycles. The number of hydrogen-bond donors (Lipinski definition) is 1. The molecular weight excluding hydrogens is 234 g/mol. The number of piperidine rings is 1. The van der Waals surface area contributed by atoms with Crippen LogP contribution in [0.5, 0.6) is 0 Å². The van der Waals surface area contributed by atoms with Crippen molar-refractivity contribution in [3.8, 4) is 0 Å². The van der Waals surface area contributed by atoms with Gasteiger partial charge in [0.1, 0.15) is 0 Å². The molecule has 0 unspecified atom stereocenters. The molecular formula is C17H27NO. The minimum Gasteiger partial charge on any atom is -0.389 e. The fourth-order valence-electron chi connectivity index (χ4n) is 3.27. The van der Waals surface area contributed by atoms with E-state index in [1.807, 2.05) is 0 Å². The average molecular weight is 261 g/mol. The standard InChI is InChI=1S/C17H27NO/c1-12-6-7-16(13(2)8-12)10-17(19)9-15(4)18(5)11-14(17)3/h6-8,14-15,19H,9-11H2,1-5H3/t14-,15-,17-/m0/s1. The highest BCUT2D eigenvalue weighted by Crippen LogP contribution is 2.34. The van der Waals surface area contributed by atoms with Crippen LogP contribution in [0.4, 0.5) is 0 Å². The predicted molar refractivity (Wildman–Crippen MR) is 80.4 cm³/mol. The molecule has 0 radical (unpaired) electrons. The van der Waals surface area contributed by atoms with Gasteiger partial charge in [0, 0.05) is 19.0 Å². The maximum absolute atomic E-state index is 11.0. The molecule has 0 bridgehead atoms. The van der Waals surface area contributed by atoms with Crippen molar-refractivity contribution in [2.75, 3.05) is 13.6 Å². The van der Waals surface area contributed by atoms with Crippen LogP contribution in [0.2, 0.25) is 0 Å². The number of benzene rings is 1. The molecule has 0 aliphatic carbocycles. The lowest BCUT2D eigenvalue weighted by Crippen LogP contribution is -2.54. The zero-order chi connectivity index (χ0) is 14.2. The number of nitrogens with zero attached hydrogens (tertiary/aromatic N) is 1. The molecule has 1 N–H and O–H groups in total. The molecule has 1 fully saturated rings. The topological polar surface area (TPSA) is 23.5 Å². The third kappa shape index (κ3) is 3.01. The van der Waals surface area contributed by atoms with Crippen LogP contribution in [0.3, 0.4) is 0 Å². The van der Waals surface area contributed by atoms with Crippen molar-refractivity contribution < 1.29 is 5.11 Å². The molecule has 3 atom stereocenters. The SMILES string of the molecule is Cc1ccc(C[C@@]2(O)C[C@H](C)N(C)C[C@@H]2C)c(C)c1. The summed E-state index contributed by atoms with van der Waals surface area (Å²) in [6, 6.07) is 6.99. The van der Waals surface area contributed by atoms with Gasteiger partial charge in [-0.25, -0.2) is 0 Å². The summed E-state index contributed by atoms with van der Waals surface area (Å²) < 4.78 is 0. The van der Waals surface area contributed by atoms with Crippen LogP contribution < -0.4 is 0 Å². The van der Waals surface area contributed by atoms with Gasteiger partial charge in [-0.05, 0) is 51.3 Å². The first kappa shape index (κ1) is 14.5. The molecule has 106 valence electrons. The largest absolute Gasteiger partial charge is 0.389 e. The van der Waals surface area contributed by atoms with Gasteiger partial charge in [-0.2, -0.15) is 0 Å². The van der Waals surface area contributed by atoms with Gasteiger partial charge in [-0.3, -0.25) is 0 Å². The quantitative estimate of drug-likeness (QED) is 0.885. The van der Waals surface area contributed by atoms with Crippen molar-refractivity contribution in [1.29, 1.82) is 0 Å². The highest BCUT2D eigenvalue weighted by atomic mass is 16.3. The molecule has 2 heteroatoms. The van der Waals surface area contributed by atoms with Crippen molar-refractivity contribution in [3.63, 3.8) is 0 Å². The Morgan fingerprint density at radius 3 is 2.63 bits per heavy atom. The van der Waals surface area contributed by atoms with Crippen LogP contribution in [0.1, 0.15) is 37.0 Å². The van der Waals surface area contributed by atoms with E-state index in [0.717, 1.165) is 19.4 Å². The minimum absolute atomic E-state index is 0.314. The third-order valence-corrected chi connectivity index (χ3v) is 4.88. The molecule has 0 spiro atoms. The first-order valence-electron chi connectivity index (χ1n) is 7.30. The highest BCUT2D eigenvalue weighted by Gasteiger charge is 2.41. The van der Waals surface area contributed by atoms with Crippen molar-refractivity contribution in [1.82, 2.24) is 4.90 Å². The van der Waals surface area contributed by atoms with Gasteiger partial charge in [0.2, 0.25) is 0 Å². The van der Waals surface area contributed by atoms with Crippen molar-refractivity contribution in [2.45, 2.75) is 52.2 Å². The Morgan fingerprint density at radius 2 is 2.00 bits per heavy atom. The lowest BCUT2D eigenvalue weighted by atomic mass is 9.75. The summed E-state index contributed by atoms with van der Waals surface area (Å²) in [6.07, 6.45) is 1.64. The molecule has 0 saturated carbocycles. The second-order valence-electron chi connectivity index (χ2n) is 6.60. The number of likely N-dealkylation sites (tertiary alicyclic amines) is 1. The maximum Gasteiger partial charge on any atom is 0.0740 e. The first-order chi connectivity index (χ1) is 8.82. The second-order valence-corrected chi connectivity index (χ2v) is 6.60. The molecule has 1 heterocycles. The van der Waals surface area contributed by atoms with Crippen molar-refractivity contribution in [2.24, 2.45) is 5.92 Å². The van der Waals surface area contributed by atoms with Crippen LogP contribution in [0.25, 0.3) is 0 Å². The Hall–Kier alpha value is -0.860. The Morgan fingerprint density at radius 1 is 1.32 bits per heavy atom. The summed E-state index contributed by atoms with van der Waals surface area (Å²) in [5.74, 6) is 0.314. The molecule has 1 aliphatic rings. The number of hydrogen-bond acceptors (Lipinski definition) is 2. The van der Waals surface area contributed by atoms with Crippen LogP contribution in [0, 0.1) is 19.8 Å². The number of aliphatic hydroxyl groups is 1. The smallest absolute Gasteiger partial charge is 0.0740 e. The third-order valence-electron chi connectivity index (χ3n) is 4.88. The molecule has 0 aromatic heterocycles. The van der Waals surface area contributed by atoms with E-state index in [1.165, 1.54) is 16.7 Å². The van der Waals surface area contributed by atoms with Gasteiger partial charge in [-0.1, -0.05) is 30.7 Å². The summed E-state index contributed by atoms with van der Waals surface area (Å²) in [5, 5.41) is 11.0. The predicted octanol–water partition coefficient (Wildman–Crippen LogP) is 2.94. The first-order valence-corrected chi connectivity index (χ1v) is 7.30. The normalized spacial score (nSPS) is 32.5. The lowest BCUT2D eigenvalue weighted by molar-refractivity contribution is -0.0778. The van der Waals surface area contributed by atoms with E-state index in [1.54, 1.807) is 0 Å². The van der Waals surface area contributed by atoms with Gasteiger partial charge in [0.15, 0.2) is 0 Å². The number of rotatable bonds is 2. The molecule has 1 aromatic rings. The summed E-state index contributed by atoms with van der Waals surface area (Å²) in [7, 11) is 2.15. The van der Waals surface area contributed by atoms with E-state index in [9.17, 15) is 5.11 Å². The van der Waals surface area contributed by atoms with E-state index in [4.69, 9.17) is 0 Å². The summed E-state index contributed by atoms with van der Waals surface area (Å²) >= 11 is 0. The van der Waals surface area contributed by atoms with Crippen LogP contribution in [-0.2, 0) is 6.42 Å². The average Bonchev–Trinajstić information content (AvgIpc) is 2.31. The molecule has 1 aliphatic heterocycles. The van der Waals surface area contributed by atoms with E-state index < -0.39 is 5.60 Å². The Labute approximate surface area is 117 Å². The fourth-order valence-corrected chi connectivity index (χ4v) is 3.27. The summed E-state index contributed by atoms with van der Waals surface area (Å²) in [5.41, 5.74) is 3.31. The van der Waals surface area contributed by atoms with Crippen LogP contribution in [0.15, 0.2) is 18.2 Å². The zero-order valence-corrected chi connectivity index (χ0v) is 12.9. The van der Waals surface area contributed by atoms with Gasteiger partial charge in [0.05, 0.1) is 5.60 Å². The van der Waals surface area contributed by atoms with Gasteiger partial charge in [-0.15, -0.1) is 0 Å². The molecule has 0 amide bonds. The monoisotopic (exact) mass is 261 g/mol. The van der Waals surface area contributed by atoms with E-state index in [-0.39, 0.29) is 0 Å². The summed E-state index contributed by atoms with van der Waals surface area (Å²) in [6.45, 7) is 9.62. The Bertz CT molecular complexity index is 457. The molecule has 2 nitrogen and oxygen atoms in total. The Balaban J connectivity index is 2.20. The summed E-state index contributed by atoms with van der Waals surface area (Å²) in [4.78, 5) is 2.35. The van der Waals surface area contributed by atoms with Gasteiger partial charge < -0.3 is 10.0 Å².